The first-order valence-electron chi connectivity index (χ1n) is 9.07. The first kappa shape index (κ1) is 20.0. The molecular weight excluding hydrogens is 363 g/mol. The molecule has 1 fully saturated rings. The Balaban J connectivity index is 1.70. The van der Waals surface area contributed by atoms with E-state index >= 15 is 0 Å². The van der Waals surface area contributed by atoms with Gasteiger partial charge in [-0.05, 0) is 55.3 Å². The van der Waals surface area contributed by atoms with Gasteiger partial charge in [0, 0.05) is 37.1 Å². The molecule has 2 N–H and O–H groups in total. The summed E-state index contributed by atoms with van der Waals surface area (Å²) in [6, 6.07) is 11.9. The zero-order chi connectivity index (χ0) is 20.0. The summed E-state index contributed by atoms with van der Waals surface area (Å²) in [5, 5.41) is 5.79. The van der Waals surface area contributed by atoms with E-state index in [9.17, 15) is 14.0 Å². The van der Waals surface area contributed by atoms with Crippen molar-refractivity contribution in [1.29, 1.82) is 0 Å². The number of carbonyl (C=O) groups excluding carboxylic acids is 2. The lowest BCUT2D eigenvalue weighted by molar-refractivity contribution is 0.00205. The van der Waals surface area contributed by atoms with Gasteiger partial charge >= 0.3 is 0 Å². The Labute approximate surface area is 163 Å². The molecule has 0 radical (unpaired) electrons. The maximum absolute atomic E-state index is 13.0. The fourth-order valence-corrected chi connectivity index (χ4v) is 3.20. The second-order valence-corrected chi connectivity index (χ2v) is 6.82. The number of hydrogen-bond acceptors (Lipinski definition) is 4. The summed E-state index contributed by atoms with van der Waals surface area (Å²) in [5.74, 6) is -1.03. The van der Waals surface area contributed by atoms with Gasteiger partial charge in [-0.25, -0.2) is 4.39 Å². The molecule has 6 nitrogen and oxygen atoms in total. The predicted octanol–water partition coefficient (Wildman–Crippen LogP) is 3.00. The molecule has 28 heavy (non-hydrogen) atoms. The lowest BCUT2D eigenvalue weighted by Gasteiger charge is -2.37. The molecule has 2 aromatic rings. The van der Waals surface area contributed by atoms with Crippen LogP contribution in [-0.2, 0) is 9.47 Å². The molecule has 0 saturated carbocycles. The highest BCUT2D eigenvalue weighted by Gasteiger charge is 2.34. The van der Waals surface area contributed by atoms with Crippen molar-refractivity contribution in [2.24, 2.45) is 0 Å². The van der Waals surface area contributed by atoms with E-state index in [0.29, 0.717) is 49.5 Å². The smallest absolute Gasteiger partial charge is 0.255 e. The van der Waals surface area contributed by atoms with Crippen LogP contribution >= 0.6 is 0 Å². The number of amides is 2. The molecular formula is C21H23FN2O4. The molecule has 0 spiro atoms. The van der Waals surface area contributed by atoms with Gasteiger partial charge in [0.1, 0.15) is 5.82 Å². The van der Waals surface area contributed by atoms with Crippen LogP contribution in [0.1, 0.15) is 33.6 Å². The summed E-state index contributed by atoms with van der Waals surface area (Å²) in [4.78, 5) is 25.1. The maximum Gasteiger partial charge on any atom is 0.255 e. The Morgan fingerprint density at radius 3 is 2.46 bits per heavy atom. The fourth-order valence-electron chi connectivity index (χ4n) is 3.20. The largest absolute Gasteiger partial charge is 0.382 e. The Hall–Kier alpha value is -2.77. The summed E-state index contributed by atoms with van der Waals surface area (Å²) >= 11 is 0. The SMILES string of the molecule is COCC1(NC(=O)c2cccc(NC(=O)c3ccc(F)cc3)c2)CCOCC1. The first-order valence-corrected chi connectivity index (χ1v) is 9.07. The number of hydrogen-bond donors (Lipinski definition) is 2. The van der Waals surface area contributed by atoms with Gasteiger partial charge in [-0.1, -0.05) is 6.07 Å². The van der Waals surface area contributed by atoms with Crippen molar-refractivity contribution in [2.75, 3.05) is 32.2 Å². The number of anilines is 1. The Morgan fingerprint density at radius 2 is 1.79 bits per heavy atom. The molecule has 1 aliphatic rings. The average molecular weight is 386 g/mol. The molecule has 0 bridgehead atoms. The number of carbonyl (C=O) groups is 2. The molecule has 0 atom stereocenters. The third-order valence-corrected chi connectivity index (χ3v) is 4.74. The van der Waals surface area contributed by atoms with E-state index in [1.54, 1.807) is 31.4 Å². The lowest BCUT2D eigenvalue weighted by atomic mass is 9.90. The number of rotatable bonds is 6. The fraction of sp³-hybridized carbons (Fsp3) is 0.333. The van der Waals surface area contributed by atoms with Crippen LogP contribution in [0.3, 0.4) is 0 Å². The van der Waals surface area contributed by atoms with Crippen LogP contribution in [0.4, 0.5) is 10.1 Å². The standard InChI is InChI=1S/C21H23FN2O4/c1-27-14-21(9-11-28-12-10-21)24-20(26)16-3-2-4-18(13-16)23-19(25)15-5-7-17(22)8-6-15/h2-8,13H,9-12,14H2,1H3,(H,23,25)(H,24,26). The van der Waals surface area contributed by atoms with E-state index in [2.05, 4.69) is 10.6 Å². The van der Waals surface area contributed by atoms with Crippen LogP contribution in [0.25, 0.3) is 0 Å². The van der Waals surface area contributed by atoms with Gasteiger partial charge in [0.05, 0.1) is 12.1 Å². The second kappa shape index (κ2) is 8.95. The van der Waals surface area contributed by atoms with Gasteiger partial charge in [0.15, 0.2) is 0 Å². The Morgan fingerprint density at radius 1 is 1.07 bits per heavy atom. The quantitative estimate of drug-likeness (QED) is 0.800. The molecule has 3 rings (SSSR count). The van der Waals surface area contributed by atoms with E-state index in [0.717, 1.165) is 0 Å². The Bertz CT molecular complexity index is 827. The van der Waals surface area contributed by atoms with Crippen LogP contribution in [-0.4, -0.2) is 44.3 Å². The zero-order valence-corrected chi connectivity index (χ0v) is 15.7. The maximum atomic E-state index is 13.0. The summed E-state index contributed by atoms with van der Waals surface area (Å²) in [6.07, 6.45) is 1.35. The van der Waals surface area contributed by atoms with Gasteiger partial charge < -0.3 is 20.1 Å². The summed E-state index contributed by atoms with van der Waals surface area (Å²) in [5.41, 5.74) is 0.781. The average Bonchev–Trinajstić information content (AvgIpc) is 2.69. The summed E-state index contributed by atoms with van der Waals surface area (Å²) < 4.78 is 23.7. The monoisotopic (exact) mass is 386 g/mol. The third-order valence-electron chi connectivity index (χ3n) is 4.74. The van der Waals surface area contributed by atoms with Gasteiger partial charge in [-0.2, -0.15) is 0 Å². The molecule has 1 saturated heterocycles. The number of nitrogens with one attached hydrogen (secondary N) is 2. The van der Waals surface area contributed by atoms with Gasteiger partial charge in [0.25, 0.3) is 11.8 Å². The van der Waals surface area contributed by atoms with Crippen molar-refractivity contribution in [1.82, 2.24) is 5.32 Å². The third kappa shape index (κ3) is 4.94. The molecule has 7 heteroatoms. The van der Waals surface area contributed by atoms with E-state index in [1.165, 1.54) is 24.3 Å². The van der Waals surface area contributed by atoms with E-state index in [1.807, 2.05) is 0 Å². The highest BCUT2D eigenvalue weighted by Crippen LogP contribution is 2.22. The van der Waals surface area contributed by atoms with Crippen molar-refractivity contribution in [3.05, 3.63) is 65.5 Å². The number of halogens is 1. The van der Waals surface area contributed by atoms with E-state index < -0.39 is 11.4 Å². The normalized spacial score (nSPS) is 15.6. The van der Waals surface area contributed by atoms with E-state index in [-0.39, 0.29) is 11.8 Å². The minimum Gasteiger partial charge on any atom is -0.382 e. The van der Waals surface area contributed by atoms with Crippen LogP contribution < -0.4 is 10.6 Å². The molecule has 0 aromatic heterocycles. The van der Waals surface area contributed by atoms with Crippen molar-refractivity contribution in [3.63, 3.8) is 0 Å². The van der Waals surface area contributed by atoms with Gasteiger partial charge in [-0.15, -0.1) is 0 Å². The van der Waals surface area contributed by atoms with Gasteiger partial charge in [-0.3, -0.25) is 9.59 Å². The molecule has 2 aromatic carbocycles. The number of methoxy groups -OCH3 is 1. The predicted molar refractivity (Wildman–Crippen MR) is 103 cm³/mol. The zero-order valence-electron chi connectivity index (χ0n) is 15.7. The number of ether oxygens (including phenoxy) is 2. The van der Waals surface area contributed by atoms with Crippen LogP contribution in [0, 0.1) is 5.82 Å². The van der Waals surface area contributed by atoms with Crippen molar-refractivity contribution < 1.29 is 23.5 Å². The molecule has 0 unspecified atom stereocenters. The summed E-state index contributed by atoms with van der Waals surface area (Å²) in [7, 11) is 1.61. The highest BCUT2D eigenvalue weighted by molar-refractivity contribution is 6.05. The van der Waals surface area contributed by atoms with Crippen molar-refractivity contribution in [2.45, 2.75) is 18.4 Å². The molecule has 1 heterocycles. The Kier molecular flexibility index (Phi) is 6.38. The minimum absolute atomic E-state index is 0.239. The highest BCUT2D eigenvalue weighted by atomic mass is 19.1. The van der Waals surface area contributed by atoms with Crippen LogP contribution in [0.15, 0.2) is 48.5 Å². The topological polar surface area (TPSA) is 76.7 Å². The number of benzene rings is 2. The van der Waals surface area contributed by atoms with Crippen LogP contribution in [0.5, 0.6) is 0 Å². The van der Waals surface area contributed by atoms with Crippen molar-refractivity contribution >= 4 is 17.5 Å². The molecule has 1 aliphatic heterocycles. The molecule has 2 amide bonds. The van der Waals surface area contributed by atoms with Crippen LogP contribution in [0.2, 0.25) is 0 Å². The minimum atomic E-state index is -0.461. The van der Waals surface area contributed by atoms with E-state index in [4.69, 9.17) is 9.47 Å². The van der Waals surface area contributed by atoms with Crippen molar-refractivity contribution in [3.8, 4) is 0 Å². The molecule has 0 aliphatic carbocycles. The molecule has 148 valence electrons. The first-order chi connectivity index (χ1) is 13.5. The lowest BCUT2D eigenvalue weighted by Crippen LogP contribution is -2.55. The van der Waals surface area contributed by atoms with Gasteiger partial charge in [0.2, 0.25) is 0 Å². The second-order valence-electron chi connectivity index (χ2n) is 6.82. The summed E-state index contributed by atoms with van der Waals surface area (Å²) in [6.45, 7) is 1.54.